The van der Waals surface area contributed by atoms with Crippen LogP contribution in [0.4, 0.5) is 4.79 Å². The fourth-order valence-corrected chi connectivity index (χ4v) is 3.10. The third kappa shape index (κ3) is 3.99. The molecule has 0 spiro atoms. The average molecular weight is 280 g/mol. The van der Waals surface area contributed by atoms with Gasteiger partial charge in [-0.1, -0.05) is 19.1 Å². The Hall–Kier alpha value is -1.52. The molecule has 1 aliphatic carbocycles. The normalized spacial score (nSPS) is 24.6. The number of amides is 2. The molecule has 0 aromatic rings. The lowest BCUT2D eigenvalue weighted by molar-refractivity contribution is -0.138. The molecule has 0 saturated carbocycles. The van der Waals surface area contributed by atoms with Gasteiger partial charge in [-0.15, -0.1) is 0 Å². The first-order valence-electron chi connectivity index (χ1n) is 7.48. The predicted molar refractivity (Wildman–Crippen MR) is 76.4 cm³/mol. The average Bonchev–Trinajstić information content (AvgIpc) is 2.91. The van der Waals surface area contributed by atoms with Gasteiger partial charge in [0.2, 0.25) is 0 Å². The van der Waals surface area contributed by atoms with E-state index >= 15 is 0 Å². The fourth-order valence-electron chi connectivity index (χ4n) is 3.10. The van der Waals surface area contributed by atoms with E-state index in [0.29, 0.717) is 12.5 Å². The molecule has 0 radical (unpaired) electrons. The van der Waals surface area contributed by atoms with Crippen LogP contribution in [0.3, 0.4) is 0 Å². The van der Waals surface area contributed by atoms with E-state index in [0.717, 1.165) is 32.2 Å². The van der Waals surface area contributed by atoms with Crippen molar-refractivity contribution in [3.05, 3.63) is 12.2 Å². The molecular weight excluding hydrogens is 256 g/mol. The molecule has 1 aliphatic heterocycles. The molecule has 2 atom stereocenters. The first-order valence-corrected chi connectivity index (χ1v) is 7.48. The zero-order valence-electron chi connectivity index (χ0n) is 12.0. The summed E-state index contributed by atoms with van der Waals surface area (Å²) in [5.41, 5.74) is 0. The Labute approximate surface area is 120 Å². The number of carbonyl (C=O) groups is 2. The van der Waals surface area contributed by atoms with Crippen molar-refractivity contribution in [1.82, 2.24) is 10.2 Å². The number of nitrogens with one attached hydrogen (secondary N) is 1. The molecule has 2 amide bonds. The number of urea groups is 1. The number of carboxylic acid groups (broad SMARTS) is 1. The first-order chi connectivity index (χ1) is 9.56. The number of likely N-dealkylation sites (tertiary alicyclic amines) is 1. The summed E-state index contributed by atoms with van der Waals surface area (Å²) in [6.45, 7) is 3.43. The number of hydrogen-bond donors (Lipinski definition) is 2. The van der Waals surface area contributed by atoms with Gasteiger partial charge in [0.25, 0.3) is 0 Å². The highest BCUT2D eigenvalue weighted by Gasteiger charge is 2.29. The lowest BCUT2D eigenvalue weighted by Crippen LogP contribution is -2.49. The molecule has 2 rings (SSSR count). The Bertz CT molecular complexity index is 387. The quantitative estimate of drug-likeness (QED) is 0.776. The van der Waals surface area contributed by atoms with Crippen LogP contribution >= 0.6 is 0 Å². The van der Waals surface area contributed by atoms with Gasteiger partial charge in [0, 0.05) is 25.6 Å². The van der Waals surface area contributed by atoms with E-state index in [1.54, 1.807) is 0 Å². The molecule has 1 fully saturated rings. The summed E-state index contributed by atoms with van der Waals surface area (Å²) in [5.74, 6) is -0.334. The van der Waals surface area contributed by atoms with E-state index in [4.69, 9.17) is 5.11 Å². The molecule has 5 nitrogen and oxygen atoms in total. The molecule has 0 aromatic carbocycles. The summed E-state index contributed by atoms with van der Waals surface area (Å²) in [6, 6.07) is 0.241. The van der Waals surface area contributed by atoms with Crippen molar-refractivity contribution in [2.24, 2.45) is 11.8 Å². The number of carbonyl (C=O) groups excluding carboxylic acids is 1. The largest absolute Gasteiger partial charge is 0.481 e. The predicted octanol–water partition coefficient (Wildman–Crippen LogP) is 2.24. The van der Waals surface area contributed by atoms with Gasteiger partial charge in [0.15, 0.2) is 0 Å². The molecule has 0 aromatic heterocycles. The minimum atomic E-state index is -0.754. The Balaban J connectivity index is 1.82. The molecule has 1 heterocycles. The van der Waals surface area contributed by atoms with Crippen LogP contribution in [-0.2, 0) is 4.79 Å². The Morgan fingerprint density at radius 3 is 2.75 bits per heavy atom. The third-order valence-electron chi connectivity index (χ3n) is 4.38. The molecule has 2 aliphatic rings. The van der Waals surface area contributed by atoms with Gasteiger partial charge >= 0.3 is 12.0 Å². The monoisotopic (exact) mass is 280 g/mol. The van der Waals surface area contributed by atoms with Gasteiger partial charge < -0.3 is 15.3 Å². The molecule has 0 bridgehead atoms. The molecule has 1 saturated heterocycles. The van der Waals surface area contributed by atoms with Gasteiger partial charge in [-0.05, 0) is 37.5 Å². The lowest BCUT2D eigenvalue weighted by Gasteiger charge is -2.36. The van der Waals surface area contributed by atoms with Crippen molar-refractivity contribution in [3.63, 3.8) is 0 Å². The van der Waals surface area contributed by atoms with Crippen LogP contribution in [0.5, 0.6) is 0 Å². The SMILES string of the molecule is CC(CC(=O)O)C1CCCN(C(=O)NC2CC=CC2)C1. The Morgan fingerprint density at radius 1 is 1.40 bits per heavy atom. The smallest absolute Gasteiger partial charge is 0.317 e. The number of nitrogens with zero attached hydrogens (tertiary/aromatic N) is 1. The summed E-state index contributed by atoms with van der Waals surface area (Å²) < 4.78 is 0. The maximum atomic E-state index is 12.2. The third-order valence-corrected chi connectivity index (χ3v) is 4.38. The van der Waals surface area contributed by atoms with E-state index in [-0.39, 0.29) is 24.4 Å². The van der Waals surface area contributed by atoms with Gasteiger partial charge in [-0.2, -0.15) is 0 Å². The molecule has 20 heavy (non-hydrogen) atoms. The standard InChI is InChI=1S/C15H24N2O3/c1-11(9-14(18)19)12-5-4-8-17(10-12)15(20)16-13-6-2-3-7-13/h2-3,11-13H,4-10H2,1H3,(H,16,20)(H,18,19). The van der Waals surface area contributed by atoms with Crippen molar-refractivity contribution in [2.75, 3.05) is 13.1 Å². The van der Waals surface area contributed by atoms with Gasteiger partial charge in [0.1, 0.15) is 0 Å². The summed E-state index contributed by atoms with van der Waals surface area (Å²) in [7, 11) is 0. The highest BCUT2D eigenvalue weighted by molar-refractivity contribution is 5.74. The maximum Gasteiger partial charge on any atom is 0.317 e. The van der Waals surface area contributed by atoms with Crippen molar-refractivity contribution < 1.29 is 14.7 Å². The number of carboxylic acids is 1. The number of aliphatic carboxylic acids is 1. The number of piperidine rings is 1. The summed E-state index contributed by atoms with van der Waals surface area (Å²) in [4.78, 5) is 24.9. The van der Waals surface area contributed by atoms with E-state index in [1.165, 1.54) is 0 Å². The Kier molecular flexibility index (Phi) is 5.04. The minimum absolute atomic E-state index is 0.00549. The summed E-state index contributed by atoms with van der Waals surface area (Å²) >= 11 is 0. The molecule has 2 N–H and O–H groups in total. The summed E-state index contributed by atoms with van der Waals surface area (Å²) in [5, 5.41) is 11.9. The van der Waals surface area contributed by atoms with Gasteiger partial charge in [0.05, 0.1) is 0 Å². The highest BCUT2D eigenvalue weighted by atomic mass is 16.4. The Morgan fingerprint density at radius 2 is 2.10 bits per heavy atom. The van der Waals surface area contributed by atoms with Gasteiger partial charge in [-0.25, -0.2) is 4.79 Å². The van der Waals surface area contributed by atoms with Crippen LogP contribution in [0.15, 0.2) is 12.2 Å². The van der Waals surface area contributed by atoms with Crippen molar-refractivity contribution in [3.8, 4) is 0 Å². The van der Waals surface area contributed by atoms with Crippen molar-refractivity contribution in [2.45, 2.75) is 45.1 Å². The second kappa shape index (κ2) is 6.77. The van der Waals surface area contributed by atoms with Crippen LogP contribution in [0, 0.1) is 11.8 Å². The molecule has 2 unspecified atom stereocenters. The highest BCUT2D eigenvalue weighted by Crippen LogP contribution is 2.26. The van der Waals surface area contributed by atoms with Gasteiger partial charge in [-0.3, -0.25) is 4.79 Å². The zero-order valence-corrected chi connectivity index (χ0v) is 12.0. The minimum Gasteiger partial charge on any atom is -0.481 e. The summed E-state index contributed by atoms with van der Waals surface area (Å²) in [6.07, 6.45) is 8.19. The van der Waals surface area contributed by atoms with E-state index in [9.17, 15) is 9.59 Å². The topological polar surface area (TPSA) is 69.6 Å². The zero-order chi connectivity index (χ0) is 14.5. The van der Waals surface area contributed by atoms with Crippen LogP contribution in [0.25, 0.3) is 0 Å². The second-order valence-corrected chi connectivity index (χ2v) is 6.01. The first kappa shape index (κ1) is 14.9. The van der Waals surface area contributed by atoms with Crippen LogP contribution < -0.4 is 5.32 Å². The number of rotatable bonds is 4. The van der Waals surface area contributed by atoms with Crippen LogP contribution in [0.1, 0.15) is 39.0 Å². The van der Waals surface area contributed by atoms with E-state index in [2.05, 4.69) is 17.5 Å². The van der Waals surface area contributed by atoms with Crippen LogP contribution in [0.2, 0.25) is 0 Å². The van der Waals surface area contributed by atoms with E-state index in [1.807, 2.05) is 11.8 Å². The lowest BCUT2D eigenvalue weighted by atomic mass is 9.85. The maximum absolute atomic E-state index is 12.2. The molecular formula is C15H24N2O3. The van der Waals surface area contributed by atoms with E-state index < -0.39 is 5.97 Å². The van der Waals surface area contributed by atoms with Crippen molar-refractivity contribution in [1.29, 1.82) is 0 Å². The molecule has 112 valence electrons. The number of hydrogen-bond acceptors (Lipinski definition) is 2. The fraction of sp³-hybridized carbons (Fsp3) is 0.733. The molecule has 5 heteroatoms. The van der Waals surface area contributed by atoms with Crippen LogP contribution in [-0.4, -0.2) is 41.1 Å². The van der Waals surface area contributed by atoms with Crippen molar-refractivity contribution >= 4 is 12.0 Å². The second-order valence-electron chi connectivity index (χ2n) is 6.01.